The zero-order chi connectivity index (χ0) is 22.9. The van der Waals surface area contributed by atoms with Crippen LogP contribution in [0.3, 0.4) is 0 Å². The summed E-state index contributed by atoms with van der Waals surface area (Å²) >= 11 is 0. The Bertz CT molecular complexity index is 1030. The number of rotatable bonds is 9. The molecule has 0 bridgehead atoms. The van der Waals surface area contributed by atoms with E-state index in [2.05, 4.69) is 41.8 Å². The number of carbonyl (C=O) groups is 2. The standard InChI is InChI=1S/C26H29N3O3/c1-4-32-24-15-13-23(14-16-24)28-26(31)21-9-11-22(12-10-21)27-25(30)18-29(3)17-20-7-5-19(2)6-8-20/h5-16H,4,17-18H2,1-3H3,(H,27,30)(H,28,31). The highest BCUT2D eigenvalue weighted by atomic mass is 16.5. The zero-order valence-corrected chi connectivity index (χ0v) is 18.7. The first kappa shape index (κ1) is 23.0. The SMILES string of the molecule is CCOc1ccc(NC(=O)c2ccc(NC(=O)CN(C)Cc3ccc(C)cc3)cc2)cc1. The van der Waals surface area contributed by atoms with Crippen molar-refractivity contribution in [3.05, 3.63) is 89.5 Å². The van der Waals surface area contributed by atoms with E-state index in [9.17, 15) is 9.59 Å². The predicted octanol–water partition coefficient (Wildman–Crippen LogP) is 4.72. The van der Waals surface area contributed by atoms with Crippen LogP contribution in [-0.4, -0.2) is 36.9 Å². The molecule has 2 N–H and O–H groups in total. The van der Waals surface area contributed by atoms with Gasteiger partial charge in [-0.1, -0.05) is 29.8 Å². The molecule has 3 aromatic carbocycles. The van der Waals surface area contributed by atoms with Gasteiger partial charge >= 0.3 is 0 Å². The van der Waals surface area contributed by atoms with Crippen LogP contribution in [0.15, 0.2) is 72.8 Å². The highest BCUT2D eigenvalue weighted by molar-refractivity contribution is 6.04. The molecule has 0 saturated heterocycles. The first-order valence-corrected chi connectivity index (χ1v) is 10.6. The molecule has 6 heteroatoms. The van der Waals surface area contributed by atoms with E-state index in [1.165, 1.54) is 5.56 Å². The number of hydrogen-bond donors (Lipinski definition) is 2. The third kappa shape index (κ3) is 6.96. The topological polar surface area (TPSA) is 70.7 Å². The summed E-state index contributed by atoms with van der Waals surface area (Å²) in [5.74, 6) is 0.436. The summed E-state index contributed by atoms with van der Waals surface area (Å²) in [5, 5.41) is 5.73. The fourth-order valence-electron chi connectivity index (χ4n) is 3.22. The molecule has 0 radical (unpaired) electrons. The molecule has 6 nitrogen and oxygen atoms in total. The Morgan fingerprint density at radius 1 is 0.844 bits per heavy atom. The van der Waals surface area contributed by atoms with Crippen molar-refractivity contribution in [3.63, 3.8) is 0 Å². The molecule has 0 atom stereocenters. The largest absolute Gasteiger partial charge is 0.494 e. The predicted molar refractivity (Wildman–Crippen MR) is 128 cm³/mol. The molecule has 0 aromatic heterocycles. The van der Waals surface area contributed by atoms with Crippen molar-refractivity contribution in [2.45, 2.75) is 20.4 Å². The van der Waals surface area contributed by atoms with Gasteiger partial charge < -0.3 is 15.4 Å². The van der Waals surface area contributed by atoms with E-state index in [1.807, 2.05) is 31.0 Å². The summed E-state index contributed by atoms with van der Waals surface area (Å²) in [4.78, 5) is 26.8. The van der Waals surface area contributed by atoms with Crippen LogP contribution in [-0.2, 0) is 11.3 Å². The smallest absolute Gasteiger partial charge is 0.255 e. The van der Waals surface area contributed by atoms with Crippen molar-refractivity contribution in [2.75, 3.05) is 30.8 Å². The molecule has 32 heavy (non-hydrogen) atoms. The second-order valence-corrected chi connectivity index (χ2v) is 7.69. The zero-order valence-electron chi connectivity index (χ0n) is 18.7. The second-order valence-electron chi connectivity index (χ2n) is 7.69. The number of nitrogens with one attached hydrogen (secondary N) is 2. The van der Waals surface area contributed by atoms with E-state index in [0.29, 0.717) is 30.1 Å². The Morgan fingerprint density at radius 3 is 2.06 bits per heavy atom. The first-order valence-electron chi connectivity index (χ1n) is 10.6. The van der Waals surface area contributed by atoms with Gasteiger partial charge in [0, 0.05) is 23.5 Å². The molecule has 0 unspecified atom stereocenters. The lowest BCUT2D eigenvalue weighted by Crippen LogP contribution is -2.29. The molecule has 166 valence electrons. The number of carbonyl (C=O) groups excluding carboxylic acids is 2. The van der Waals surface area contributed by atoms with Crippen molar-refractivity contribution in [2.24, 2.45) is 0 Å². The number of ether oxygens (including phenoxy) is 1. The minimum atomic E-state index is -0.218. The van der Waals surface area contributed by atoms with Crippen LogP contribution in [0.5, 0.6) is 5.75 Å². The molecule has 3 rings (SSSR count). The van der Waals surface area contributed by atoms with Crippen molar-refractivity contribution in [1.82, 2.24) is 4.90 Å². The molecular formula is C26H29N3O3. The Morgan fingerprint density at radius 2 is 1.44 bits per heavy atom. The van der Waals surface area contributed by atoms with Crippen molar-refractivity contribution in [3.8, 4) is 5.75 Å². The lowest BCUT2D eigenvalue weighted by Gasteiger charge is -2.16. The quantitative estimate of drug-likeness (QED) is 0.514. The highest BCUT2D eigenvalue weighted by Crippen LogP contribution is 2.17. The van der Waals surface area contributed by atoms with Gasteiger partial charge in [-0.3, -0.25) is 14.5 Å². The average Bonchev–Trinajstić information content (AvgIpc) is 2.77. The summed E-state index contributed by atoms with van der Waals surface area (Å²) in [6.45, 7) is 5.53. The number of aryl methyl sites for hydroxylation is 1. The maximum absolute atomic E-state index is 12.5. The number of amides is 2. The minimum Gasteiger partial charge on any atom is -0.494 e. The lowest BCUT2D eigenvalue weighted by atomic mass is 10.1. The molecule has 0 aliphatic rings. The van der Waals surface area contributed by atoms with Gasteiger partial charge in [0.2, 0.25) is 5.91 Å². The molecule has 0 saturated carbocycles. The number of anilines is 2. The van der Waals surface area contributed by atoms with E-state index in [1.54, 1.807) is 36.4 Å². The van der Waals surface area contributed by atoms with Gasteiger partial charge in [-0.05, 0) is 75.0 Å². The Kier molecular flexibility index (Phi) is 8.00. The summed E-state index contributed by atoms with van der Waals surface area (Å²) < 4.78 is 5.40. The normalized spacial score (nSPS) is 10.6. The fourth-order valence-corrected chi connectivity index (χ4v) is 3.22. The summed E-state index contributed by atoms with van der Waals surface area (Å²) in [6, 6.07) is 22.3. The Hall–Kier alpha value is -3.64. The van der Waals surface area contributed by atoms with Gasteiger partial charge in [-0.15, -0.1) is 0 Å². The molecule has 0 heterocycles. The van der Waals surface area contributed by atoms with Crippen LogP contribution in [0.1, 0.15) is 28.4 Å². The van der Waals surface area contributed by atoms with E-state index in [4.69, 9.17) is 4.74 Å². The summed E-state index contributed by atoms with van der Waals surface area (Å²) in [6.07, 6.45) is 0. The van der Waals surface area contributed by atoms with Crippen LogP contribution in [0, 0.1) is 6.92 Å². The van der Waals surface area contributed by atoms with Gasteiger partial charge in [0.05, 0.1) is 13.2 Å². The van der Waals surface area contributed by atoms with Crippen LogP contribution in [0.25, 0.3) is 0 Å². The Balaban J connectivity index is 1.49. The summed E-state index contributed by atoms with van der Waals surface area (Å²) in [7, 11) is 1.91. The monoisotopic (exact) mass is 431 g/mol. The van der Waals surface area contributed by atoms with E-state index in [0.717, 1.165) is 11.3 Å². The molecule has 2 amide bonds. The number of nitrogens with zero attached hydrogens (tertiary/aromatic N) is 1. The van der Waals surface area contributed by atoms with Crippen LogP contribution >= 0.6 is 0 Å². The number of likely N-dealkylation sites (N-methyl/N-ethyl adjacent to an activating group) is 1. The van der Waals surface area contributed by atoms with Crippen LogP contribution in [0.4, 0.5) is 11.4 Å². The van der Waals surface area contributed by atoms with E-state index in [-0.39, 0.29) is 18.4 Å². The molecule has 3 aromatic rings. The van der Waals surface area contributed by atoms with Gasteiger partial charge in [-0.25, -0.2) is 0 Å². The summed E-state index contributed by atoms with van der Waals surface area (Å²) in [5.41, 5.74) is 4.22. The highest BCUT2D eigenvalue weighted by Gasteiger charge is 2.10. The van der Waals surface area contributed by atoms with Crippen LogP contribution in [0.2, 0.25) is 0 Å². The van der Waals surface area contributed by atoms with Crippen molar-refractivity contribution >= 4 is 23.2 Å². The Labute approximate surface area is 189 Å². The third-order valence-corrected chi connectivity index (χ3v) is 4.84. The molecule has 0 spiro atoms. The van der Waals surface area contributed by atoms with Gasteiger partial charge in [0.25, 0.3) is 5.91 Å². The van der Waals surface area contributed by atoms with Crippen LogP contribution < -0.4 is 15.4 Å². The number of hydrogen-bond acceptors (Lipinski definition) is 4. The average molecular weight is 432 g/mol. The van der Waals surface area contributed by atoms with Crippen molar-refractivity contribution in [1.29, 1.82) is 0 Å². The van der Waals surface area contributed by atoms with Gasteiger partial charge in [0.1, 0.15) is 5.75 Å². The lowest BCUT2D eigenvalue weighted by molar-refractivity contribution is -0.117. The molecule has 0 aliphatic heterocycles. The third-order valence-electron chi connectivity index (χ3n) is 4.84. The van der Waals surface area contributed by atoms with E-state index < -0.39 is 0 Å². The van der Waals surface area contributed by atoms with Crippen molar-refractivity contribution < 1.29 is 14.3 Å². The molecular weight excluding hydrogens is 402 g/mol. The maximum atomic E-state index is 12.5. The number of benzene rings is 3. The van der Waals surface area contributed by atoms with Gasteiger partial charge in [0.15, 0.2) is 0 Å². The maximum Gasteiger partial charge on any atom is 0.255 e. The second kappa shape index (κ2) is 11.1. The minimum absolute atomic E-state index is 0.105. The van der Waals surface area contributed by atoms with Gasteiger partial charge in [-0.2, -0.15) is 0 Å². The first-order chi connectivity index (χ1) is 15.4. The van der Waals surface area contributed by atoms with E-state index >= 15 is 0 Å². The fraction of sp³-hybridized carbons (Fsp3) is 0.231. The molecule has 0 fully saturated rings. The molecule has 0 aliphatic carbocycles.